The highest BCUT2D eigenvalue weighted by Crippen LogP contribution is 2.21. The zero-order chi connectivity index (χ0) is 22.7. The molecule has 1 amide bonds. The Morgan fingerprint density at radius 2 is 1.66 bits per heavy atom. The number of halogens is 2. The van der Waals surface area contributed by atoms with E-state index in [1.807, 2.05) is 6.07 Å². The van der Waals surface area contributed by atoms with Crippen molar-refractivity contribution in [2.75, 3.05) is 35.8 Å². The average Bonchev–Trinajstić information content (AvgIpc) is 2.81. The van der Waals surface area contributed by atoms with E-state index in [-0.39, 0.29) is 16.5 Å². The van der Waals surface area contributed by atoms with Gasteiger partial charge in [-0.2, -0.15) is 0 Å². The fraction of sp³-hybridized carbons (Fsp3) is 0.182. The number of pyridine rings is 1. The Bertz CT molecular complexity index is 1210. The first-order chi connectivity index (χ1) is 15.3. The van der Waals surface area contributed by atoms with Crippen LogP contribution in [0.3, 0.4) is 0 Å². The van der Waals surface area contributed by atoms with E-state index in [2.05, 4.69) is 14.6 Å². The Labute approximate surface area is 190 Å². The van der Waals surface area contributed by atoms with Gasteiger partial charge < -0.3 is 9.80 Å². The summed E-state index contributed by atoms with van der Waals surface area (Å²) in [7, 11) is -3.98. The summed E-state index contributed by atoms with van der Waals surface area (Å²) in [5.74, 6) is -0.0473. The normalized spacial score (nSPS) is 14.3. The topological polar surface area (TPSA) is 82.6 Å². The van der Waals surface area contributed by atoms with Crippen LogP contribution in [0.25, 0.3) is 0 Å². The van der Waals surface area contributed by atoms with Crippen LogP contribution in [0.5, 0.6) is 0 Å². The van der Waals surface area contributed by atoms with Crippen molar-refractivity contribution in [2.24, 2.45) is 0 Å². The van der Waals surface area contributed by atoms with Gasteiger partial charge in [-0.3, -0.25) is 9.52 Å². The summed E-state index contributed by atoms with van der Waals surface area (Å²) in [6, 6.07) is 14.7. The number of hydrogen-bond donors (Lipinski definition) is 1. The Morgan fingerprint density at radius 3 is 2.28 bits per heavy atom. The van der Waals surface area contributed by atoms with Crippen molar-refractivity contribution >= 4 is 39.0 Å². The third-order valence-electron chi connectivity index (χ3n) is 5.13. The highest BCUT2D eigenvalue weighted by atomic mass is 35.5. The van der Waals surface area contributed by atoms with E-state index in [1.165, 1.54) is 48.5 Å². The van der Waals surface area contributed by atoms with Gasteiger partial charge in [0, 0.05) is 37.9 Å². The van der Waals surface area contributed by atoms with Crippen molar-refractivity contribution in [3.05, 3.63) is 83.3 Å². The van der Waals surface area contributed by atoms with Gasteiger partial charge in [0.05, 0.1) is 15.6 Å². The lowest BCUT2D eigenvalue weighted by Crippen LogP contribution is -2.49. The van der Waals surface area contributed by atoms with Gasteiger partial charge >= 0.3 is 0 Å². The number of carbonyl (C=O) groups excluding carboxylic acids is 1. The first kappa shape index (κ1) is 22.0. The van der Waals surface area contributed by atoms with Crippen LogP contribution in [0, 0.1) is 5.82 Å². The number of benzene rings is 2. The minimum absolute atomic E-state index is 0.0593. The number of anilines is 2. The molecule has 2 aromatic carbocycles. The SMILES string of the molecule is O=C(c1ccc(S(=O)(=O)Nc2ccccc2F)cc1)N1CCN(c2ccc(Cl)cn2)CC1. The molecule has 1 fully saturated rings. The molecule has 1 saturated heterocycles. The van der Waals surface area contributed by atoms with E-state index < -0.39 is 15.8 Å². The van der Waals surface area contributed by atoms with E-state index in [4.69, 9.17) is 11.6 Å². The van der Waals surface area contributed by atoms with Crippen LogP contribution < -0.4 is 9.62 Å². The van der Waals surface area contributed by atoms with Crippen LogP contribution in [-0.2, 0) is 10.0 Å². The molecule has 0 aliphatic carbocycles. The Morgan fingerprint density at radius 1 is 0.969 bits per heavy atom. The summed E-state index contributed by atoms with van der Waals surface area (Å²) < 4.78 is 41.1. The highest BCUT2D eigenvalue weighted by molar-refractivity contribution is 7.92. The molecule has 1 aromatic heterocycles. The van der Waals surface area contributed by atoms with Crippen LogP contribution in [-0.4, -0.2) is 50.4 Å². The van der Waals surface area contributed by atoms with Gasteiger partial charge in [-0.25, -0.2) is 17.8 Å². The van der Waals surface area contributed by atoms with Crippen molar-refractivity contribution in [3.8, 4) is 0 Å². The lowest BCUT2D eigenvalue weighted by molar-refractivity contribution is 0.0746. The maximum atomic E-state index is 13.8. The summed E-state index contributed by atoms with van der Waals surface area (Å²) in [5.41, 5.74) is 0.244. The van der Waals surface area contributed by atoms with Crippen molar-refractivity contribution in [1.82, 2.24) is 9.88 Å². The summed E-state index contributed by atoms with van der Waals surface area (Å²) in [5, 5.41) is 0.567. The fourth-order valence-corrected chi connectivity index (χ4v) is 4.58. The number of nitrogens with one attached hydrogen (secondary N) is 1. The third kappa shape index (κ3) is 4.84. The lowest BCUT2D eigenvalue weighted by atomic mass is 10.2. The monoisotopic (exact) mass is 474 g/mol. The fourth-order valence-electron chi connectivity index (χ4n) is 3.40. The molecule has 32 heavy (non-hydrogen) atoms. The standard InChI is InChI=1S/C22H20ClFN4O3S/c23-17-7-10-21(25-15-17)27-11-13-28(14-12-27)22(29)16-5-8-18(9-6-16)32(30,31)26-20-4-2-1-3-19(20)24/h1-10,15,26H,11-14H2. The smallest absolute Gasteiger partial charge is 0.261 e. The van der Waals surface area contributed by atoms with Crippen LogP contribution in [0.2, 0.25) is 5.02 Å². The molecule has 166 valence electrons. The molecular formula is C22H20ClFN4O3S. The number of nitrogens with zero attached hydrogens (tertiary/aromatic N) is 3. The Kier molecular flexibility index (Phi) is 6.29. The van der Waals surface area contributed by atoms with Crippen molar-refractivity contribution < 1.29 is 17.6 Å². The van der Waals surface area contributed by atoms with Gasteiger partial charge in [0.2, 0.25) is 0 Å². The number of sulfonamides is 1. The minimum Gasteiger partial charge on any atom is -0.353 e. The molecule has 1 aliphatic rings. The second-order valence-corrected chi connectivity index (χ2v) is 9.34. The molecule has 0 unspecified atom stereocenters. The number of para-hydroxylation sites is 1. The van der Waals surface area contributed by atoms with Crippen molar-refractivity contribution in [1.29, 1.82) is 0 Å². The van der Waals surface area contributed by atoms with E-state index in [0.29, 0.717) is 36.8 Å². The quantitative estimate of drug-likeness (QED) is 0.610. The molecule has 7 nitrogen and oxygen atoms in total. The number of aromatic nitrogens is 1. The van der Waals surface area contributed by atoms with E-state index in [9.17, 15) is 17.6 Å². The van der Waals surface area contributed by atoms with Gasteiger partial charge in [0.1, 0.15) is 11.6 Å². The Hall–Kier alpha value is -3.17. The molecule has 0 saturated carbocycles. The molecule has 1 N–H and O–H groups in total. The highest BCUT2D eigenvalue weighted by Gasteiger charge is 2.24. The van der Waals surface area contributed by atoms with Crippen molar-refractivity contribution in [2.45, 2.75) is 4.90 Å². The van der Waals surface area contributed by atoms with Crippen LogP contribution in [0.1, 0.15) is 10.4 Å². The molecule has 0 spiro atoms. The second kappa shape index (κ2) is 9.13. The summed E-state index contributed by atoms with van der Waals surface area (Å²) >= 11 is 5.88. The molecule has 10 heteroatoms. The first-order valence-electron chi connectivity index (χ1n) is 9.87. The van der Waals surface area contributed by atoms with Crippen LogP contribution >= 0.6 is 11.6 Å². The predicted octanol–water partition coefficient (Wildman–Crippen LogP) is 3.64. The summed E-state index contributed by atoms with van der Waals surface area (Å²) in [6.07, 6.45) is 1.59. The first-order valence-corrected chi connectivity index (χ1v) is 11.7. The van der Waals surface area contributed by atoms with Gasteiger partial charge in [-0.05, 0) is 48.5 Å². The number of piperazine rings is 1. The predicted molar refractivity (Wildman–Crippen MR) is 121 cm³/mol. The van der Waals surface area contributed by atoms with E-state index >= 15 is 0 Å². The van der Waals surface area contributed by atoms with Crippen LogP contribution in [0.15, 0.2) is 71.8 Å². The maximum absolute atomic E-state index is 13.8. The zero-order valence-electron chi connectivity index (χ0n) is 16.9. The molecule has 0 radical (unpaired) electrons. The molecule has 2 heterocycles. The molecule has 3 aromatic rings. The zero-order valence-corrected chi connectivity index (χ0v) is 18.5. The third-order valence-corrected chi connectivity index (χ3v) is 6.74. The Balaban J connectivity index is 1.40. The van der Waals surface area contributed by atoms with Crippen molar-refractivity contribution in [3.63, 3.8) is 0 Å². The molecule has 0 atom stereocenters. The number of carbonyl (C=O) groups is 1. The second-order valence-electron chi connectivity index (χ2n) is 7.22. The maximum Gasteiger partial charge on any atom is 0.261 e. The minimum atomic E-state index is -3.98. The van der Waals surface area contributed by atoms with Gasteiger partial charge in [0.15, 0.2) is 0 Å². The van der Waals surface area contributed by atoms with E-state index in [1.54, 1.807) is 17.2 Å². The molecular weight excluding hydrogens is 455 g/mol. The number of hydrogen-bond acceptors (Lipinski definition) is 5. The molecule has 4 rings (SSSR count). The number of rotatable bonds is 5. The largest absolute Gasteiger partial charge is 0.353 e. The van der Waals surface area contributed by atoms with E-state index in [0.717, 1.165) is 5.82 Å². The summed E-state index contributed by atoms with van der Waals surface area (Å²) in [4.78, 5) is 20.9. The molecule has 0 bridgehead atoms. The number of amides is 1. The average molecular weight is 475 g/mol. The van der Waals surface area contributed by atoms with Gasteiger partial charge in [-0.15, -0.1) is 0 Å². The lowest BCUT2D eigenvalue weighted by Gasteiger charge is -2.35. The van der Waals surface area contributed by atoms with Crippen LogP contribution in [0.4, 0.5) is 15.9 Å². The summed E-state index contributed by atoms with van der Waals surface area (Å²) in [6.45, 7) is 2.27. The van der Waals surface area contributed by atoms with Gasteiger partial charge in [0.25, 0.3) is 15.9 Å². The van der Waals surface area contributed by atoms with Gasteiger partial charge in [-0.1, -0.05) is 23.7 Å². The molecule has 1 aliphatic heterocycles.